The molecule has 2 nitrogen and oxygen atoms in total. The smallest absolute Gasteiger partial charge is 0.123 e. The molecule has 20 heavy (non-hydrogen) atoms. The highest BCUT2D eigenvalue weighted by molar-refractivity contribution is 7.10. The fraction of sp³-hybridized carbons (Fsp3) is 0.375. The molecule has 0 fully saturated rings. The molecular weight excluding hydrogens is 271 g/mol. The van der Waals surface area contributed by atoms with Crippen molar-refractivity contribution in [1.82, 2.24) is 5.43 Å². The van der Waals surface area contributed by atoms with Crippen LogP contribution in [-0.4, -0.2) is 6.04 Å². The number of nitrogens with one attached hydrogen (secondary N) is 1. The second-order valence-corrected chi connectivity index (χ2v) is 6.40. The number of aryl methyl sites for hydroxylation is 1. The SMILES string of the molecule is NNC(Cc1ccc(F)cc1)C1CCCc2sccc21. The first-order valence-electron chi connectivity index (χ1n) is 7.05. The number of hydrogen-bond donors (Lipinski definition) is 2. The molecule has 0 radical (unpaired) electrons. The van der Waals surface area contributed by atoms with Gasteiger partial charge in [-0.25, -0.2) is 4.39 Å². The minimum absolute atomic E-state index is 0.191. The van der Waals surface area contributed by atoms with E-state index >= 15 is 0 Å². The first-order chi connectivity index (χ1) is 9.78. The van der Waals surface area contributed by atoms with Crippen molar-refractivity contribution in [2.75, 3.05) is 0 Å². The van der Waals surface area contributed by atoms with E-state index in [-0.39, 0.29) is 11.9 Å². The number of nitrogens with two attached hydrogens (primary N) is 1. The zero-order valence-corrected chi connectivity index (χ0v) is 12.1. The predicted molar refractivity (Wildman–Crippen MR) is 81.2 cm³/mol. The molecule has 1 aromatic heterocycles. The molecule has 0 saturated carbocycles. The quantitative estimate of drug-likeness (QED) is 0.669. The number of fused-ring (bicyclic) bond motifs is 1. The highest BCUT2D eigenvalue weighted by atomic mass is 32.1. The third-order valence-electron chi connectivity index (χ3n) is 4.17. The van der Waals surface area contributed by atoms with Crippen LogP contribution in [-0.2, 0) is 12.8 Å². The molecule has 0 amide bonds. The number of rotatable bonds is 4. The maximum Gasteiger partial charge on any atom is 0.123 e. The van der Waals surface area contributed by atoms with Crippen LogP contribution in [0.1, 0.15) is 34.8 Å². The summed E-state index contributed by atoms with van der Waals surface area (Å²) in [5.41, 5.74) is 5.55. The summed E-state index contributed by atoms with van der Waals surface area (Å²) in [5.74, 6) is 6.05. The maximum atomic E-state index is 13.0. The van der Waals surface area contributed by atoms with Crippen molar-refractivity contribution in [1.29, 1.82) is 0 Å². The fourth-order valence-electron chi connectivity index (χ4n) is 3.13. The molecule has 1 aliphatic carbocycles. The lowest BCUT2D eigenvalue weighted by molar-refractivity contribution is 0.397. The number of benzene rings is 1. The largest absolute Gasteiger partial charge is 0.271 e. The average molecular weight is 290 g/mol. The van der Waals surface area contributed by atoms with Crippen LogP contribution in [0.5, 0.6) is 0 Å². The number of thiophene rings is 1. The van der Waals surface area contributed by atoms with E-state index in [0.717, 1.165) is 12.0 Å². The number of hydrazine groups is 1. The van der Waals surface area contributed by atoms with Crippen molar-refractivity contribution in [3.05, 3.63) is 57.5 Å². The van der Waals surface area contributed by atoms with E-state index in [4.69, 9.17) is 5.84 Å². The first-order valence-corrected chi connectivity index (χ1v) is 7.92. The minimum Gasteiger partial charge on any atom is -0.271 e. The maximum absolute atomic E-state index is 13.0. The molecule has 1 heterocycles. The summed E-state index contributed by atoms with van der Waals surface area (Å²) in [5, 5.41) is 2.18. The molecule has 0 spiro atoms. The summed E-state index contributed by atoms with van der Waals surface area (Å²) < 4.78 is 13.0. The zero-order chi connectivity index (χ0) is 13.9. The van der Waals surface area contributed by atoms with E-state index in [1.54, 1.807) is 0 Å². The molecule has 2 unspecified atom stereocenters. The standard InChI is InChI=1S/C16H19FN2S/c17-12-6-4-11(5-7-12)10-15(19-18)13-2-1-3-16-14(13)8-9-20-16/h4-9,13,15,19H,1-3,10,18H2. The van der Waals surface area contributed by atoms with Gasteiger partial charge < -0.3 is 0 Å². The van der Waals surface area contributed by atoms with Gasteiger partial charge >= 0.3 is 0 Å². The van der Waals surface area contributed by atoms with Crippen molar-refractivity contribution in [2.24, 2.45) is 5.84 Å². The van der Waals surface area contributed by atoms with E-state index in [0.29, 0.717) is 5.92 Å². The van der Waals surface area contributed by atoms with Crippen LogP contribution in [0.4, 0.5) is 4.39 Å². The Balaban J connectivity index is 1.79. The summed E-state index contributed by atoms with van der Waals surface area (Å²) in [7, 11) is 0. The molecule has 0 bridgehead atoms. The Kier molecular flexibility index (Phi) is 4.15. The molecule has 0 aliphatic heterocycles. The summed E-state index contributed by atoms with van der Waals surface area (Å²) in [6.07, 6.45) is 4.41. The molecule has 2 atom stereocenters. The lowest BCUT2D eigenvalue weighted by Gasteiger charge is -2.30. The Hall–Kier alpha value is -1.23. The number of halogens is 1. The van der Waals surface area contributed by atoms with Crippen LogP contribution in [0.3, 0.4) is 0 Å². The van der Waals surface area contributed by atoms with Gasteiger partial charge in [0.15, 0.2) is 0 Å². The van der Waals surface area contributed by atoms with Crippen LogP contribution >= 0.6 is 11.3 Å². The van der Waals surface area contributed by atoms with Gasteiger partial charge in [-0.15, -0.1) is 11.3 Å². The summed E-state index contributed by atoms with van der Waals surface area (Å²) in [6.45, 7) is 0. The van der Waals surface area contributed by atoms with Crippen molar-refractivity contribution >= 4 is 11.3 Å². The van der Waals surface area contributed by atoms with Gasteiger partial charge in [0.25, 0.3) is 0 Å². The van der Waals surface area contributed by atoms with Gasteiger partial charge in [-0.2, -0.15) is 0 Å². The Labute approximate surface area is 122 Å². The summed E-state index contributed by atoms with van der Waals surface area (Å²) >= 11 is 1.85. The third-order valence-corrected chi connectivity index (χ3v) is 5.16. The van der Waals surface area contributed by atoms with Gasteiger partial charge in [0, 0.05) is 16.8 Å². The lowest BCUT2D eigenvalue weighted by Crippen LogP contribution is -2.42. The molecule has 2 aromatic rings. The van der Waals surface area contributed by atoms with Crippen molar-refractivity contribution in [3.8, 4) is 0 Å². The molecule has 106 valence electrons. The van der Waals surface area contributed by atoms with Crippen LogP contribution in [0.15, 0.2) is 35.7 Å². The zero-order valence-electron chi connectivity index (χ0n) is 11.3. The monoisotopic (exact) mass is 290 g/mol. The van der Waals surface area contributed by atoms with Crippen LogP contribution < -0.4 is 11.3 Å². The third kappa shape index (κ3) is 2.77. The summed E-state index contributed by atoms with van der Waals surface area (Å²) in [6, 6.07) is 9.15. The van der Waals surface area contributed by atoms with E-state index in [1.807, 2.05) is 23.5 Å². The average Bonchev–Trinajstić information content (AvgIpc) is 2.95. The van der Waals surface area contributed by atoms with Crippen LogP contribution in [0.25, 0.3) is 0 Å². The van der Waals surface area contributed by atoms with Crippen LogP contribution in [0, 0.1) is 5.82 Å². The van der Waals surface area contributed by atoms with Crippen molar-refractivity contribution in [3.63, 3.8) is 0 Å². The molecule has 1 aliphatic rings. The van der Waals surface area contributed by atoms with Gasteiger partial charge in [0.1, 0.15) is 5.82 Å². The molecule has 4 heteroatoms. The van der Waals surface area contributed by atoms with Gasteiger partial charge in [0.2, 0.25) is 0 Å². The molecule has 1 aromatic carbocycles. The Morgan fingerprint density at radius 1 is 1.30 bits per heavy atom. The van der Waals surface area contributed by atoms with Gasteiger partial charge in [-0.05, 0) is 60.4 Å². The second kappa shape index (κ2) is 6.04. The van der Waals surface area contributed by atoms with Crippen molar-refractivity contribution < 1.29 is 4.39 Å². The minimum atomic E-state index is -0.191. The fourth-order valence-corrected chi connectivity index (χ4v) is 4.13. The predicted octanol–water partition coefficient (Wildman–Crippen LogP) is 3.38. The van der Waals surface area contributed by atoms with Crippen LogP contribution in [0.2, 0.25) is 0 Å². The Morgan fingerprint density at radius 2 is 2.10 bits per heavy atom. The number of hydrogen-bond acceptors (Lipinski definition) is 3. The van der Waals surface area contributed by atoms with Gasteiger partial charge in [0.05, 0.1) is 0 Å². The van der Waals surface area contributed by atoms with E-state index in [1.165, 1.54) is 41.8 Å². The van der Waals surface area contributed by atoms with Gasteiger partial charge in [-0.1, -0.05) is 12.1 Å². The normalized spacial score (nSPS) is 19.6. The first kappa shape index (κ1) is 13.7. The second-order valence-electron chi connectivity index (χ2n) is 5.40. The lowest BCUT2D eigenvalue weighted by atomic mass is 9.80. The summed E-state index contributed by atoms with van der Waals surface area (Å²) in [4.78, 5) is 1.50. The highest BCUT2D eigenvalue weighted by Crippen LogP contribution is 2.37. The highest BCUT2D eigenvalue weighted by Gasteiger charge is 2.28. The Bertz CT molecular complexity index is 564. The molecule has 3 N–H and O–H groups in total. The van der Waals surface area contributed by atoms with Crippen molar-refractivity contribution in [2.45, 2.75) is 37.6 Å². The topological polar surface area (TPSA) is 38.0 Å². The molecular formula is C16H19FN2S. The van der Waals surface area contributed by atoms with E-state index in [9.17, 15) is 4.39 Å². The van der Waals surface area contributed by atoms with Gasteiger partial charge in [-0.3, -0.25) is 11.3 Å². The Morgan fingerprint density at radius 3 is 2.85 bits per heavy atom. The van der Waals surface area contributed by atoms with E-state index in [2.05, 4.69) is 16.9 Å². The molecule has 3 rings (SSSR count). The van der Waals surface area contributed by atoms with E-state index < -0.39 is 0 Å². The molecule has 0 saturated heterocycles.